The van der Waals surface area contributed by atoms with E-state index < -0.39 is 5.54 Å². The number of para-hydroxylation sites is 2. The molecule has 32 heavy (non-hydrogen) atoms. The fourth-order valence-corrected chi connectivity index (χ4v) is 5.37. The number of amides is 1. The first kappa shape index (κ1) is 19.5. The van der Waals surface area contributed by atoms with Crippen LogP contribution in [0.4, 0.5) is 11.4 Å². The topological polar surface area (TPSA) is 75.2 Å². The highest BCUT2D eigenvalue weighted by Gasteiger charge is 2.45. The van der Waals surface area contributed by atoms with E-state index in [1.165, 1.54) is 12.8 Å². The molecule has 1 saturated heterocycles. The third kappa shape index (κ3) is 3.36. The molecule has 0 aromatic heterocycles. The van der Waals surface area contributed by atoms with Gasteiger partial charge in [0.15, 0.2) is 11.5 Å². The van der Waals surface area contributed by atoms with Crippen molar-refractivity contribution in [3.8, 4) is 11.5 Å². The Morgan fingerprint density at radius 1 is 1.03 bits per heavy atom. The summed E-state index contributed by atoms with van der Waals surface area (Å²) in [5.74, 6) is 2.32. The molecule has 1 amide bonds. The predicted molar refractivity (Wildman–Crippen MR) is 124 cm³/mol. The van der Waals surface area contributed by atoms with Crippen molar-refractivity contribution in [3.63, 3.8) is 0 Å². The lowest BCUT2D eigenvalue weighted by Crippen LogP contribution is -2.62. The Bertz CT molecular complexity index is 1080. The zero-order valence-corrected chi connectivity index (χ0v) is 18.1. The number of piperidine rings is 1. The summed E-state index contributed by atoms with van der Waals surface area (Å²) >= 11 is 0. The zero-order valence-electron chi connectivity index (χ0n) is 18.1. The molecule has 166 valence electrons. The van der Waals surface area contributed by atoms with Crippen LogP contribution in [0, 0.1) is 0 Å². The summed E-state index contributed by atoms with van der Waals surface area (Å²) in [5.41, 5.74) is 2.34. The minimum absolute atomic E-state index is 0.0169. The average Bonchev–Trinajstić information content (AvgIpc) is 3.50. The monoisotopic (exact) mass is 432 g/mol. The standard InChI is InChI=1S/C25H28N4O3/c30-23(17-10-11-21-22(14-17)32-16-31-21)29-13-5-12-25(15-29)24(26-18-6-1-2-7-18)27-19-8-3-4-9-20(19)28-25/h3-4,8-11,14,18,28H,1-2,5-7,12-13,15-16H2,(H,26,27)/t25-/m1/s1. The maximum atomic E-state index is 13.5. The van der Waals surface area contributed by atoms with Crippen LogP contribution in [0.25, 0.3) is 0 Å². The molecule has 7 heteroatoms. The number of nitrogens with zero attached hydrogens (tertiary/aromatic N) is 2. The van der Waals surface area contributed by atoms with Gasteiger partial charge >= 0.3 is 0 Å². The highest BCUT2D eigenvalue weighted by molar-refractivity contribution is 6.10. The number of likely N-dealkylation sites (tertiary alicyclic amines) is 1. The lowest BCUT2D eigenvalue weighted by molar-refractivity contribution is 0.0694. The van der Waals surface area contributed by atoms with Gasteiger partial charge in [-0.05, 0) is 56.0 Å². The minimum atomic E-state index is -0.402. The first-order chi connectivity index (χ1) is 15.7. The van der Waals surface area contributed by atoms with Crippen molar-refractivity contribution >= 4 is 23.1 Å². The van der Waals surface area contributed by atoms with Crippen molar-refractivity contribution in [2.24, 2.45) is 4.99 Å². The second-order valence-electron chi connectivity index (χ2n) is 9.19. The van der Waals surface area contributed by atoms with E-state index in [1.807, 2.05) is 29.2 Å². The van der Waals surface area contributed by atoms with E-state index in [9.17, 15) is 4.79 Å². The van der Waals surface area contributed by atoms with Crippen LogP contribution in [0.2, 0.25) is 0 Å². The molecule has 2 fully saturated rings. The lowest BCUT2D eigenvalue weighted by Gasteiger charge is -2.47. The van der Waals surface area contributed by atoms with Gasteiger partial charge in [-0.1, -0.05) is 25.0 Å². The van der Waals surface area contributed by atoms with Crippen molar-refractivity contribution < 1.29 is 14.3 Å². The Morgan fingerprint density at radius 2 is 1.84 bits per heavy atom. The summed E-state index contributed by atoms with van der Waals surface area (Å²) in [7, 11) is 0. The minimum Gasteiger partial charge on any atom is -0.454 e. The van der Waals surface area contributed by atoms with Crippen LogP contribution in [0.15, 0.2) is 47.5 Å². The molecule has 2 aromatic rings. The number of nitrogens with one attached hydrogen (secondary N) is 2. The van der Waals surface area contributed by atoms with E-state index >= 15 is 0 Å². The lowest BCUT2D eigenvalue weighted by atomic mass is 9.84. The van der Waals surface area contributed by atoms with E-state index in [-0.39, 0.29) is 12.7 Å². The number of rotatable bonds is 2. The fourth-order valence-electron chi connectivity index (χ4n) is 5.37. The summed E-state index contributed by atoms with van der Waals surface area (Å²) in [5, 5.41) is 7.41. The number of hydrogen-bond donors (Lipinski definition) is 2. The van der Waals surface area contributed by atoms with Crippen LogP contribution >= 0.6 is 0 Å². The van der Waals surface area contributed by atoms with Crippen LogP contribution in [0.1, 0.15) is 48.9 Å². The van der Waals surface area contributed by atoms with Crippen LogP contribution in [-0.2, 0) is 0 Å². The molecule has 1 atom stereocenters. The molecule has 6 rings (SSSR count). The van der Waals surface area contributed by atoms with Gasteiger partial charge in [0.25, 0.3) is 5.91 Å². The Morgan fingerprint density at radius 3 is 2.72 bits per heavy atom. The zero-order chi connectivity index (χ0) is 21.5. The highest BCUT2D eigenvalue weighted by atomic mass is 16.7. The van der Waals surface area contributed by atoms with Crippen molar-refractivity contribution in [2.45, 2.75) is 50.1 Å². The van der Waals surface area contributed by atoms with E-state index in [2.05, 4.69) is 22.8 Å². The van der Waals surface area contributed by atoms with Gasteiger partial charge in [0.2, 0.25) is 6.79 Å². The van der Waals surface area contributed by atoms with Crippen LogP contribution in [-0.4, -0.2) is 48.1 Å². The highest BCUT2D eigenvalue weighted by Crippen LogP contribution is 2.38. The summed E-state index contributed by atoms with van der Waals surface area (Å²) in [6, 6.07) is 14.1. The van der Waals surface area contributed by atoms with Crippen molar-refractivity contribution in [1.82, 2.24) is 4.90 Å². The van der Waals surface area contributed by atoms with Gasteiger partial charge in [0.1, 0.15) is 11.4 Å². The average molecular weight is 433 g/mol. The molecule has 7 nitrogen and oxygen atoms in total. The number of aliphatic imine (C=N–C) groups is 1. The largest absolute Gasteiger partial charge is 0.454 e. The van der Waals surface area contributed by atoms with E-state index in [0.29, 0.717) is 29.6 Å². The normalized spacial score (nSPS) is 25.5. The molecule has 1 spiro atoms. The first-order valence-electron chi connectivity index (χ1n) is 11.6. The number of benzene rings is 2. The van der Waals surface area contributed by atoms with Crippen molar-refractivity contribution in [2.75, 3.05) is 30.5 Å². The van der Waals surface area contributed by atoms with Gasteiger partial charge in [-0.2, -0.15) is 0 Å². The maximum Gasteiger partial charge on any atom is 0.254 e. The van der Waals surface area contributed by atoms with E-state index in [0.717, 1.165) is 49.4 Å². The van der Waals surface area contributed by atoms with Gasteiger partial charge in [0, 0.05) is 12.1 Å². The van der Waals surface area contributed by atoms with Gasteiger partial charge in [-0.15, -0.1) is 0 Å². The second kappa shape index (κ2) is 7.73. The molecule has 3 heterocycles. The Kier molecular flexibility index (Phi) is 4.70. The van der Waals surface area contributed by atoms with Crippen LogP contribution in [0.3, 0.4) is 0 Å². The van der Waals surface area contributed by atoms with Crippen LogP contribution < -0.4 is 20.1 Å². The molecule has 1 saturated carbocycles. The van der Waals surface area contributed by atoms with Gasteiger partial charge < -0.3 is 25.0 Å². The third-order valence-electron chi connectivity index (χ3n) is 7.04. The second-order valence-corrected chi connectivity index (χ2v) is 9.19. The summed E-state index contributed by atoms with van der Waals surface area (Å²) < 4.78 is 10.9. The molecule has 0 unspecified atom stereocenters. The Hall–Kier alpha value is -3.22. The Labute approximate surface area is 187 Å². The van der Waals surface area contributed by atoms with Gasteiger partial charge in [0.05, 0.1) is 24.0 Å². The number of fused-ring (bicyclic) bond motifs is 2. The smallest absolute Gasteiger partial charge is 0.254 e. The summed E-state index contributed by atoms with van der Waals surface area (Å²) in [6.07, 6.45) is 6.62. The van der Waals surface area contributed by atoms with Gasteiger partial charge in [-0.3, -0.25) is 9.79 Å². The quantitative estimate of drug-likeness (QED) is 0.741. The molecular weight excluding hydrogens is 404 g/mol. The summed E-state index contributed by atoms with van der Waals surface area (Å²) in [4.78, 5) is 20.6. The number of carbonyl (C=O) groups is 1. The molecule has 3 aliphatic heterocycles. The number of amidine groups is 1. The molecule has 2 aromatic carbocycles. The van der Waals surface area contributed by atoms with Crippen molar-refractivity contribution in [1.29, 1.82) is 0 Å². The Balaban J connectivity index is 1.32. The van der Waals surface area contributed by atoms with Gasteiger partial charge in [-0.25, -0.2) is 0 Å². The fraction of sp³-hybridized carbons (Fsp3) is 0.440. The molecule has 2 N–H and O–H groups in total. The number of carbonyl (C=O) groups excluding carboxylic acids is 1. The molecule has 0 bridgehead atoms. The third-order valence-corrected chi connectivity index (χ3v) is 7.04. The van der Waals surface area contributed by atoms with Crippen molar-refractivity contribution in [3.05, 3.63) is 48.0 Å². The first-order valence-corrected chi connectivity index (χ1v) is 11.6. The predicted octanol–water partition coefficient (Wildman–Crippen LogP) is 4.27. The van der Waals surface area contributed by atoms with E-state index in [4.69, 9.17) is 14.5 Å². The number of hydrogen-bond acceptors (Lipinski definition) is 5. The SMILES string of the molecule is O=C(c1ccc2c(c1)OCO2)N1CCC[C@]2(C1)Nc1ccccc1NC2=NC1CCCC1. The molecule has 4 aliphatic rings. The van der Waals surface area contributed by atoms with Crippen LogP contribution in [0.5, 0.6) is 11.5 Å². The summed E-state index contributed by atoms with van der Waals surface area (Å²) in [6.45, 7) is 1.51. The number of anilines is 2. The van der Waals surface area contributed by atoms with E-state index in [1.54, 1.807) is 6.07 Å². The molecule has 0 radical (unpaired) electrons. The molecular formula is C25H28N4O3. The molecule has 1 aliphatic carbocycles. The maximum absolute atomic E-state index is 13.5. The number of ether oxygens (including phenoxy) is 2.